The van der Waals surface area contributed by atoms with Gasteiger partial charge in [-0.1, -0.05) is 11.6 Å². The lowest BCUT2D eigenvalue weighted by atomic mass is 10.2. The fraction of sp³-hybridized carbons (Fsp3) is 0.365. The van der Waals surface area contributed by atoms with Crippen molar-refractivity contribution in [3.63, 3.8) is 0 Å². The maximum absolute atomic E-state index is 13.7. The van der Waals surface area contributed by atoms with Gasteiger partial charge in [-0.25, -0.2) is 71.2 Å². The van der Waals surface area contributed by atoms with Crippen LogP contribution in [0.4, 0.5) is 77.5 Å². The SMILES string of the molecule is C1CCOC1.Fc1cc2nc(-c3cnc(Cl)nc3Cl)n(C3CC3)c2cc1F.Fc1cc2nc(-c3cnc(Cl)nc3NCC(F)(F)F)n(C3CC3)c2cc1F.Fc1cc2nc(-c3cncnc3NCC(F)(F)F)n(C3CC3)c2cc1F.NCC(F)(F)F. The fourth-order valence-corrected chi connectivity index (χ4v) is 9.13. The zero-order valence-corrected chi connectivity index (χ0v) is 46.1. The molecule has 0 spiro atoms. The number of nitrogens with one attached hydrogen (secondary N) is 2. The quantitative estimate of drug-likeness (QED) is 0.0667. The summed E-state index contributed by atoms with van der Waals surface area (Å²) in [5, 5.41) is 4.35. The van der Waals surface area contributed by atoms with E-state index in [1.54, 1.807) is 9.13 Å². The Morgan fingerprint density at radius 3 is 1.20 bits per heavy atom. The number of alkyl halides is 9. The normalized spacial score (nSPS) is 15.1. The second-order valence-corrected chi connectivity index (χ2v) is 20.5. The van der Waals surface area contributed by atoms with Crippen LogP contribution in [0.25, 0.3) is 67.3 Å². The minimum absolute atomic E-state index is 0.0130. The van der Waals surface area contributed by atoms with Gasteiger partial charge in [-0.2, -0.15) is 39.5 Å². The van der Waals surface area contributed by atoms with Gasteiger partial charge in [0.05, 0.1) is 56.3 Å². The number of rotatable bonds is 10. The lowest BCUT2D eigenvalue weighted by Crippen LogP contribution is -2.22. The first-order chi connectivity index (χ1) is 40.7. The Morgan fingerprint density at radius 1 is 0.477 bits per heavy atom. The van der Waals surface area contributed by atoms with E-state index in [4.69, 9.17) is 39.5 Å². The number of hydrogen-bond donors (Lipinski definition) is 3. The third kappa shape index (κ3) is 15.8. The molecular weight excluding hydrogens is 1240 g/mol. The van der Waals surface area contributed by atoms with E-state index < -0.39 is 73.1 Å². The van der Waals surface area contributed by atoms with Gasteiger partial charge in [-0.15, -0.1) is 0 Å². The van der Waals surface area contributed by atoms with Crippen molar-refractivity contribution in [2.45, 2.75) is 88.0 Å². The molecule has 13 rings (SSSR count). The van der Waals surface area contributed by atoms with Crippen LogP contribution in [0.2, 0.25) is 15.7 Å². The van der Waals surface area contributed by atoms with Gasteiger partial charge in [-0.3, -0.25) is 0 Å². The lowest BCUT2D eigenvalue weighted by Gasteiger charge is -2.14. The van der Waals surface area contributed by atoms with Crippen LogP contribution in [0, 0.1) is 34.9 Å². The average molecular weight is 1290 g/mol. The number of ether oxygens (including phenoxy) is 1. The highest BCUT2D eigenvalue weighted by molar-refractivity contribution is 6.33. The Balaban J connectivity index is 0.000000142. The van der Waals surface area contributed by atoms with Crippen molar-refractivity contribution >= 4 is 79.5 Å². The molecule has 3 saturated carbocycles. The Bertz CT molecular complexity index is 3890. The van der Waals surface area contributed by atoms with Crippen LogP contribution in [0.5, 0.6) is 0 Å². The minimum atomic E-state index is -4.47. The van der Waals surface area contributed by atoms with Gasteiger partial charge >= 0.3 is 18.5 Å². The van der Waals surface area contributed by atoms with Crippen LogP contribution >= 0.6 is 34.8 Å². The van der Waals surface area contributed by atoms with Gasteiger partial charge in [0.1, 0.15) is 53.7 Å². The summed E-state index contributed by atoms with van der Waals surface area (Å²) in [7, 11) is 0. The maximum Gasteiger partial charge on any atom is 0.405 e. The van der Waals surface area contributed by atoms with Crippen LogP contribution in [0.3, 0.4) is 0 Å². The van der Waals surface area contributed by atoms with Crippen LogP contribution < -0.4 is 16.4 Å². The Hall–Kier alpha value is -7.35. The van der Waals surface area contributed by atoms with Crippen molar-refractivity contribution < 1.29 is 70.6 Å². The number of imidazole rings is 3. The smallest absolute Gasteiger partial charge is 0.381 e. The molecule has 4 fully saturated rings. The van der Waals surface area contributed by atoms with Crippen LogP contribution in [-0.2, 0) is 4.74 Å². The monoisotopic (exact) mass is 1280 g/mol. The van der Waals surface area contributed by atoms with Gasteiger partial charge in [0.15, 0.2) is 34.9 Å². The van der Waals surface area contributed by atoms with Crippen molar-refractivity contribution in [3.05, 3.63) is 112 Å². The number of benzene rings is 3. The summed E-state index contributed by atoms with van der Waals surface area (Å²) < 4.78 is 199. The Kier molecular flexibility index (Phi) is 19.0. The number of aromatic nitrogens is 12. The van der Waals surface area contributed by atoms with E-state index in [2.05, 4.69) is 61.2 Å². The van der Waals surface area contributed by atoms with E-state index in [9.17, 15) is 65.9 Å². The number of nitrogens with zero attached hydrogens (tertiary/aromatic N) is 12. The molecule has 16 nitrogen and oxygen atoms in total. The fourth-order valence-electron chi connectivity index (χ4n) is 8.61. The summed E-state index contributed by atoms with van der Waals surface area (Å²) in [5.74, 6) is -5.19. The highest BCUT2D eigenvalue weighted by Crippen LogP contribution is 2.45. The predicted octanol–water partition coefficient (Wildman–Crippen LogP) is 14.5. The number of hydrogen-bond acceptors (Lipinski definition) is 13. The summed E-state index contributed by atoms with van der Waals surface area (Å²) in [6, 6.07) is 6.44. The van der Waals surface area contributed by atoms with Crippen molar-refractivity contribution in [1.82, 2.24) is 58.6 Å². The highest BCUT2D eigenvalue weighted by Gasteiger charge is 2.35. The Morgan fingerprint density at radius 2 is 0.837 bits per heavy atom. The molecule has 34 heteroatoms. The van der Waals surface area contributed by atoms with Gasteiger partial charge in [0.25, 0.3) is 0 Å². The predicted molar refractivity (Wildman–Crippen MR) is 286 cm³/mol. The van der Waals surface area contributed by atoms with Gasteiger partial charge in [0, 0.05) is 86.3 Å². The molecule has 0 amide bonds. The number of halogens is 18. The zero-order chi connectivity index (χ0) is 62.0. The second kappa shape index (κ2) is 25.9. The molecule has 0 bridgehead atoms. The molecule has 4 N–H and O–H groups in total. The molecule has 7 heterocycles. The molecule has 0 atom stereocenters. The van der Waals surface area contributed by atoms with Crippen molar-refractivity contribution in [3.8, 4) is 34.2 Å². The number of anilines is 2. The summed E-state index contributed by atoms with van der Waals surface area (Å²) in [5.41, 5.74) is 7.09. The van der Waals surface area contributed by atoms with Gasteiger partial charge in [-0.05, 0) is 74.6 Å². The summed E-state index contributed by atoms with van der Waals surface area (Å²) in [4.78, 5) is 36.1. The van der Waals surface area contributed by atoms with E-state index in [0.29, 0.717) is 33.5 Å². The molecule has 0 radical (unpaired) electrons. The van der Waals surface area contributed by atoms with E-state index in [1.807, 2.05) is 4.57 Å². The average Bonchev–Trinajstić information content (AvgIpc) is 1.93. The third-order valence-corrected chi connectivity index (χ3v) is 13.5. The molecule has 86 heavy (non-hydrogen) atoms. The third-order valence-electron chi connectivity index (χ3n) is 12.8. The molecule has 4 aliphatic rings. The second-order valence-electron chi connectivity index (χ2n) is 19.5. The molecule has 9 aromatic rings. The Labute approximate surface area is 490 Å². The minimum Gasteiger partial charge on any atom is -0.381 e. The largest absolute Gasteiger partial charge is 0.405 e. The molecule has 3 aromatic carbocycles. The van der Waals surface area contributed by atoms with Gasteiger partial charge in [0.2, 0.25) is 10.6 Å². The van der Waals surface area contributed by atoms with Crippen molar-refractivity contribution in [2.24, 2.45) is 5.73 Å². The topological polar surface area (TPSA) is 190 Å². The molecule has 458 valence electrons. The summed E-state index contributed by atoms with van der Waals surface area (Å²) >= 11 is 17.5. The van der Waals surface area contributed by atoms with E-state index in [0.717, 1.165) is 94.5 Å². The number of nitrogens with two attached hydrogens (primary N) is 1. The molecule has 3 aliphatic carbocycles. The first kappa shape index (κ1) is 63.2. The molecular formula is C52H43Cl3F15N15O. The van der Waals surface area contributed by atoms with Crippen molar-refractivity contribution in [1.29, 1.82) is 0 Å². The van der Waals surface area contributed by atoms with Crippen LogP contribution in [-0.4, -0.2) is 110 Å². The maximum atomic E-state index is 13.7. The van der Waals surface area contributed by atoms with E-state index in [-0.39, 0.29) is 79.3 Å². The van der Waals surface area contributed by atoms with Gasteiger partial charge < -0.3 is 34.8 Å². The zero-order valence-electron chi connectivity index (χ0n) is 43.9. The van der Waals surface area contributed by atoms with Crippen LogP contribution in [0.15, 0.2) is 61.3 Å². The highest BCUT2D eigenvalue weighted by atomic mass is 35.5. The van der Waals surface area contributed by atoms with E-state index >= 15 is 0 Å². The molecule has 0 unspecified atom stereocenters. The van der Waals surface area contributed by atoms with Crippen molar-refractivity contribution in [2.75, 3.05) is 43.5 Å². The molecule has 1 saturated heterocycles. The first-order valence-corrected chi connectivity index (χ1v) is 26.9. The summed E-state index contributed by atoms with van der Waals surface area (Å²) in [6.45, 7) is -1.84. The molecule has 6 aromatic heterocycles. The first-order valence-electron chi connectivity index (χ1n) is 25.7. The summed E-state index contributed by atoms with van der Waals surface area (Å²) in [6.07, 6.45) is -0.271. The van der Waals surface area contributed by atoms with E-state index in [1.165, 1.54) is 31.4 Å². The number of fused-ring (bicyclic) bond motifs is 3. The standard InChI is InChI=1S/C16H11ClF5N5.C16H12F5N5.C14H8Cl2F2N4.C4H8O.C2H4F3N/c17-15-23-5-8(13(26-15)24-6-16(20,21)22)14-25-11-3-9(18)10(19)4-12(11)27(14)7-1-2-7;17-10-3-12-13(4-11(10)18)26(8-1-2-8)15(25-12)9-5-22-7-24-14(9)23-6-16(19,20)21;15-12-7(5-19-14(16)21-12)13-20-10-3-8(17)9(18)4-11(10)22(13)6-1-2-6;1-2-4-5-3-1;3-2(4,5)1-6/h3-5,7H,1-2,6H2,(H,23,24,26);3-5,7-8H,1-2,6H2,(H,22,23,24);3-6H,1-2H2;1-4H2;1,6H2. The van der Waals surface area contributed by atoms with Crippen LogP contribution in [0.1, 0.15) is 69.5 Å². The molecule has 1 aliphatic heterocycles. The lowest BCUT2D eigenvalue weighted by molar-refractivity contribution is -0.119.